The van der Waals surface area contributed by atoms with Crippen LogP contribution in [0.1, 0.15) is 13.3 Å². The van der Waals surface area contributed by atoms with E-state index >= 15 is 0 Å². The molecule has 0 saturated carbocycles. The van der Waals surface area contributed by atoms with Crippen LogP contribution in [-0.2, 0) is 24.1 Å². The molecule has 0 radical (unpaired) electrons. The smallest absolute Gasteiger partial charge is 0.356 e. The molecule has 5 heteroatoms. The maximum absolute atomic E-state index is 11.0. The maximum Gasteiger partial charge on any atom is 0.356 e. The van der Waals surface area contributed by atoms with Crippen molar-refractivity contribution in [1.82, 2.24) is 0 Å². The van der Waals surface area contributed by atoms with Crippen LogP contribution in [0.2, 0.25) is 0 Å². The molecule has 1 unspecified atom stereocenters. The lowest BCUT2D eigenvalue weighted by molar-refractivity contribution is -0.291. The van der Waals surface area contributed by atoms with Gasteiger partial charge in [-0.1, -0.05) is 0 Å². The fourth-order valence-electron chi connectivity index (χ4n) is 0.899. The molecule has 1 fully saturated rings. The molecular weight excluding hydrogens is 164 g/mol. The summed E-state index contributed by atoms with van der Waals surface area (Å²) in [4.78, 5) is 30.5. The fourth-order valence-corrected chi connectivity index (χ4v) is 0.899. The first-order valence-corrected chi connectivity index (χ1v) is 3.75. The van der Waals surface area contributed by atoms with Gasteiger partial charge in [-0.3, -0.25) is 9.68 Å². The van der Waals surface area contributed by atoms with Crippen molar-refractivity contribution in [2.75, 3.05) is 13.2 Å². The average Bonchev–Trinajstić information content (AvgIpc) is 2.05. The molecule has 0 aromatic heterocycles. The second-order valence-corrected chi connectivity index (χ2v) is 2.32. The zero-order chi connectivity index (χ0) is 8.97. The van der Waals surface area contributed by atoms with Crippen LogP contribution in [0.3, 0.4) is 0 Å². The quantitative estimate of drug-likeness (QED) is 0.336. The largest absolute Gasteiger partial charge is 0.465 e. The van der Waals surface area contributed by atoms with E-state index in [1.807, 2.05) is 0 Å². The molecule has 5 nitrogen and oxygen atoms in total. The minimum atomic E-state index is -0.807. The molecule has 1 heterocycles. The molecular formula is C7H10O5. The zero-order valence-electron chi connectivity index (χ0n) is 6.74. The third-order valence-electron chi connectivity index (χ3n) is 1.49. The highest BCUT2D eigenvalue weighted by molar-refractivity contribution is 5.94. The maximum atomic E-state index is 11.0. The van der Waals surface area contributed by atoms with Gasteiger partial charge in [0.05, 0.1) is 13.2 Å². The topological polar surface area (TPSA) is 61.8 Å². The molecule has 0 aromatic rings. The predicted octanol–water partition coefficient (Wildman–Crippen LogP) is 0.0442. The molecule has 0 aromatic carbocycles. The molecule has 1 aliphatic heterocycles. The standard InChI is InChI=1S/C7H10O5/c1-2-10-6(8)5-3-4-11-12-7(5)9/h5H,2-4H2,1H3. The first-order chi connectivity index (χ1) is 5.75. The van der Waals surface area contributed by atoms with Crippen LogP contribution in [0, 0.1) is 5.92 Å². The van der Waals surface area contributed by atoms with Crippen LogP contribution in [0.25, 0.3) is 0 Å². The van der Waals surface area contributed by atoms with Crippen molar-refractivity contribution >= 4 is 11.9 Å². The van der Waals surface area contributed by atoms with Crippen molar-refractivity contribution in [3.63, 3.8) is 0 Å². The van der Waals surface area contributed by atoms with Crippen LogP contribution in [0.5, 0.6) is 0 Å². The van der Waals surface area contributed by atoms with Crippen molar-refractivity contribution < 1.29 is 24.1 Å². The van der Waals surface area contributed by atoms with Crippen molar-refractivity contribution in [2.45, 2.75) is 13.3 Å². The summed E-state index contributed by atoms with van der Waals surface area (Å²) in [5, 5.41) is 0. The van der Waals surface area contributed by atoms with E-state index in [0.29, 0.717) is 6.42 Å². The zero-order valence-corrected chi connectivity index (χ0v) is 6.74. The normalized spacial score (nSPS) is 23.1. The van der Waals surface area contributed by atoms with Gasteiger partial charge in [0.1, 0.15) is 0 Å². The summed E-state index contributed by atoms with van der Waals surface area (Å²) in [7, 11) is 0. The van der Waals surface area contributed by atoms with Gasteiger partial charge in [0.15, 0.2) is 5.92 Å². The Labute approximate surface area is 69.5 Å². The van der Waals surface area contributed by atoms with E-state index in [9.17, 15) is 9.59 Å². The highest BCUT2D eigenvalue weighted by Crippen LogP contribution is 2.13. The minimum absolute atomic E-state index is 0.245. The Hall–Kier alpha value is -1.10. The lowest BCUT2D eigenvalue weighted by Gasteiger charge is -2.17. The summed E-state index contributed by atoms with van der Waals surface area (Å²) in [5.41, 5.74) is 0. The number of hydrogen-bond donors (Lipinski definition) is 0. The monoisotopic (exact) mass is 174 g/mol. The van der Waals surface area contributed by atoms with Gasteiger partial charge >= 0.3 is 11.9 Å². The first-order valence-electron chi connectivity index (χ1n) is 3.75. The second kappa shape index (κ2) is 4.06. The van der Waals surface area contributed by atoms with Gasteiger partial charge in [-0.05, 0) is 13.3 Å². The second-order valence-electron chi connectivity index (χ2n) is 2.32. The number of esters is 1. The van der Waals surface area contributed by atoms with E-state index in [1.165, 1.54) is 0 Å². The van der Waals surface area contributed by atoms with Crippen LogP contribution in [0.4, 0.5) is 0 Å². The highest BCUT2D eigenvalue weighted by Gasteiger charge is 2.33. The number of carbonyl (C=O) groups is 2. The number of carbonyl (C=O) groups excluding carboxylic acids is 2. The van der Waals surface area contributed by atoms with Crippen molar-refractivity contribution in [3.8, 4) is 0 Å². The highest BCUT2D eigenvalue weighted by atomic mass is 17.2. The van der Waals surface area contributed by atoms with Crippen LogP contribution in [-0.4, -0.2) is 25.2 Å². The Morgan fingerprint density at radius 2 is 2.50 bits per heavy atom. The van der Waals surface area contributed by atoms with Gasteiger partial charge in [-0.2, -0.15) is 4.89 Å². The molecule has 1 atom stereocenters. The predicted molar refractivity (Wildman–Crippen MR) is 36.8 cm³/mol. The summed E-state index contributed by atoms with van der Waals surface area (Å²) in [6.45, 7) is 2.20. The molecule has 1 saturated heterocycles. The average molecular weight is 174 g/mol. The lowest BCUT2D eigenvalue weighted by Crippen LogP contribution is -2.33. The summed E-state index contributed by atoms with van der Waals surface area (Å²) >= 11 is 0. The van der Waals surface area contributed by atoms with Crippen molar-refractivity contribution in [3.05, 3.63) is 0 Å². The molecule has 12 heavy (non-hydrogen) atoms. The molecule has 0 N–H and O–H groups in total. The number of hydrogen-bond acceptors (Lipinski definition) is 5. The van der Waals surface area contributed by atoms with Gasteiger partial charge in [-0.15, -0.1) is 0 Å². The van der Waals surface area contributed by atoms with E-state index < -0.39 is 17.9 Å². The van der Waals surface area contributed by atoms with Gasteiger partial charge in [-0.25, -0.2) is 4.79 Å². The number of rotatable bonds is 2. The first kappa shape index (κ1) is 8.99. The minimum Gasteiger partial charge on any atom is -0.465 e. The van der Waals surface area contributed by atoms with Crippen LogP contribution < -0.4 is 0 Å². The van der Waals surface area contributed by atoms with Crippen LogP contribution in [0.15, 0.2) is 0 Å². The molecule has 1 rings (SSSR count). The summed E-state index contributed by atoms with van der Waals surface area (Å²) in [6.07, 6.45) is 0.331. The Morgan fingerprint density at radius 3 is 3.08 bits per heavy atom. The summed E-state index contributed by atoms with van der Waals surface area (Å²) in [6, 6.07) is 0. The van der Waals surface area contributed by atoms with E-state index in [-0.39, 0.29) is 13.2 Å². The van der Waals surface area contributed by atoms with E-state index in [4.69, 9.17) is 0 Å². The van der Waals surface area contributed by atoms with Crippen molar-refractivity contribution in [1.29, 1.82) is 0 Å². The molecule has 0 amide bonds. The van der Waals surface area contributed by atoms with Gasteiger partial charge in [0.2, 0.25) is 0 Å². The Morgan fingerprint density at radius 1 is 1.75 bits per heavy atom. The summed E-state index contributed by atoms with van der Waals surface area (Å²) in [5.74, 6) is -2.01. The third kappa shape index (κ3) is 1.94. The van der Waals surface area contributed by atoms with Gasteiger partial charge in [0.25, 0.3) is 0 Å². The lowest BCUT2D eigenvalue weighted by atomic mass is 10.1. The van der Waals surface area contributed by atoms with E-state index in [1.54, 1.807) is 6.92 Å². The Balaban J connectivity index is 2.48. The molecule has 0 spiro atoms. The molecule has 0 aliphatic carbocycles. The Bertz CT molecular complexity index is 188. The fraction of sp³-hybridized carbons (Fsp3) is 0.714. The van der Waals surface area contributed by atoms with Gasteiger partial charge < -0.3 is 4.74 Å². The molecule has 1 aliphatic rings. The molecule has 0 bridgehead atoms. The van der Waals surface area contributed by atoms with E-state index in [2.05, 4.69) is 14.5 Å². The SMILES string of the molecule is CCOC(=O)C1CCOOC1=O. The Kier molecular flexibility index (Phi) is 3.04. The number of ether oxygens (including phenoxy) is 1. The van der Waals surface area contributed by atoms with E-state index in [0.717, 1.165) is 0 Å². The van der Waals surface area contributed by atoms with Gasteiger partial charge in [0, 0.05) is 0 Å². The molecule has 68 valence electrons. The third-order valence-corrected chi connectivity index (χ3v) is 1.49. The summed E-state index contributed by atoms with van der Waals surface area (Å²) < 4.78 is 4.66. The van der Waals surface area contributed by atoms with Crippen molar-refractivity contribution in [2.24, 2.45) is 5.92 Å². The van der Waals surface area contributed by atoms with Crippen LogP contribution >= 0.6 is 0 Å².